The molecule has 0 spiro atoms. The van der Waals surface area contributed by atoms with Gasteiger partial charge in [0.25, 0.3) is 5.91 Å². The van der Waals surface area contributed by atoms with Crippen LogP contribution in [0.25, 0.3) is 0 Å². The van der Waals surface area contributed by atoms with Crippen molar-refractivity contribution in [2.45, 2.75) is 30.8 Å². The minimum atomic E-state index is -0.343. The van der Waals surface area contributed by atoms with Crippen LogP contribution in [0.15, 0.2) is 47.1 Å². The second-order valence-electron chi connectivity index (χ2n) is 6.26. The number of amides is 1. The van der Waals surface area contributed by atoms with Crippen molar-refractivity contribution in [1.29, 1.82) is 0 Å². The maximum Gasteiger partial charge on any atom is 0.252 e. The Balaban J connectivity index is 1.40. The number of rotatable bonds is 2. The third-order valence-corrected chi connectivity index (χ3v) is 6.04. The molecule has 2 aliphatic rings. The first-order valence-corrected chi connectivity index (χ1v) is 9.48. The Kier molecular flexibility index (Phi) is 4.63. The normalized spacial score (nSPS) is 24.2. The van der Waals surface area contributed by atoms with Gasteiger partial charge in [-0.15, -0.1) is 11.8 Å². The van der Waals surface area contributed by atoms with E-state index in [2.05, 4.69) is 12.1 Å². The molecule has 0 aliphatic carbocycles. The average molecular weight is 343 g/mol. The summed E-state index contributed by atoms with van der Waals surface area (Å²) in [5.41, 5.74) is 2.44. The number of ether oxygens (including phenoxy) is 1. The highest BCUT2D eigenvalue weighted by molar-refractivity contribution is 7.99. The SMILES string of the molecule is O=C(C1Cc2ccccc2CO1)N1CCSC(c2ccco2)CC1. The van der Waals surface area contributed by atoms with E-state index in [1.807, 2.05) is 40.9 Å². The Bertz CT molecular complexity index is 700. The Hall–Kier alpha value is -1.72. The standard InChI is InChI=1S/C19H21NO3S/c21-19(17-12-14-4-1-2-5-15(14)13-23-17)20-8-7-18(24-11-9-20)16-6-3-10-22-16/h1-6,10,17-18H,7-9,11-13H2. The second kappa shape index (κ2) is 7.03. The van der Waals surface area contributed by atoms with Crippen LogP contribution in [0, 0.1) is 0 Å². The molecule has 4 nitrogen and oxygen atoms in total. The van der Waals surface area contributed by atoms with Crippen molar-refractivity contribution in [2.75, 3.05) is 18.8 Å². The van der Waals surface area contributed by atoms with E-state index < -0.39 is 0 Å². The Labute approximate surface area is 146 Å². The largest absolute Gasteiger partial charge is 0.468 e. The van der Waals surface area contributed by atoms with E-state index in [0.29, 0.717) is 18.3 Å². The number of thioether (sulfide) groups is 1. The number of nitrogens with zero attached hydrogens (tertiary/aromatic N) is 1. The summed E-state index contributed by atoms with van der Waals surface area (Å²) in [5.74, 6) is 2.07. The van der Waals surface area contributed by atoms with Gasteiger partial charge in [-0.1, -0.05) is 24.3 Å². The van der Waals surface area contributed by atoms with Crippen LogP contribution < -0.4 is 0 Å². The summed E-state index contributed by atoms with van der Waals surface area (Å²) in [5, 5.41) is 0.339. The van der Waals surface area contributed by atoms with E-state index >= 15 is 0 Å². The molecule has 0 bridgehead atoms. The fraction of sp³-hybridized carbons (Fsp3) is 0.421. The topological polar surface area (TPSA) is 42.7 Å². The minimum absolute atomic E-state index is 0.130. The van der Waals surface area contributed by atoms with Crippen LogP contribution in [0.3, 0.4) is 0 Å². The number of hydrogen-bond acceptors (Lipinski definition) is 4. The van der Waals surface area contributed by atoms with E-state index in [1.54, 1.807) is 6.26 Å². The molecule has 0 radical (unpaired) electrons. The van der Waals surface area contributed by atoms with E-state index in [0.717, 1.165) is 31.0 Å². The molecule has 0 saturated carbocycles. The van der Waals surface area contributed by atoms with Gasteiger partial charge < -0.3 is 14.1 Å². The van der Waals surface area contributed by atoms with Gasteiger partial charge in [0.15, 0.2) is 0 Å². The van der Waals surface area contributed by atoms with Gasteiger partial charge >= 0.3 is 0 Å². The number of furan rings is 1. The van der Waals surface area contributed by atoms with Crippen LogP contribution in [0.1, 0.15) is 28.6 Å². The lowest BCUT2D eigenvalue weighted by Crippen LogP contribution is -2.43. The molecule has 4 rings (SSSR count). The molecule has 24 heavy (non-hydrogen) atoms. The minimum Gasteiger partial charge on any atom is -0.468 e. The molecule has 1 fully saturated rings. The van der Waals surface area contributed by atoms with Crippen molar-refractivity contribution in [3.8, 4) is 0 Å². The number of benzene rings is 1. The van der Waals surface area contributed by atoms with Crippen LogP contribution in [-0.4, -0.2) is 35.8 Å². The van der Waals surface area contributed by atoms with Crippen LogP contribution in [0.5, 0.6) is 0 Å². The summed E-state index contributed by atoms with van der Waals surface area (Å²) < 4.78 is 11.4. The van der Waals surface area contributed by atoms with Gasteiger partial charge in [0.1, 0.15) is 11.9 Å². The van der Waals surface area contributed by atoms with Gasteiger partial charge in [0, 0.05) is 25.3 Å². The van der Waals surface area contributed by atoms with Crippen molar-refractivity contribution < 1.29 is 13.9 Å². The summed E-state index contributed by atoms with van der Waals surface area (Å²) in [6, 6.07) is 12.2. The van der Waals surface area contributed by atoms with Crippen molar-refractivity contribution in [3.05, 3.63) is 59.5 Å². The quantitative estimate of drug-likeness (QED) is 0.838. The number of carbonyl (C=O) groups is 1. The molecule has 2 aliphatic heterocycles. The molecule has 1 aromatic heterocycles. The fourth-order valence-electron chi connectivity index (χ4n) is 3.40. The van der Waals surface area contributed by atoms with E-state index in [1.165, 1.54) is 11.1 Å². The molecule has 2 atom stereocenters. The van der Waals surface area contributed by atoms with Gasteiger partial charge in [-0.2, -0.15) is 0 Å². The van der Waals surface area contributed by atoms with Crippen molar-refractivity contribution >= 4 is 17.7 Å². The lowest BCUT2D eigenvalue weighted by Gasteiger charge is -2.29. The number of fused-ring (bicyclic) bond motifs is 1. The monoisotopic (exact) mass is 343 g/mol. The fourth-order valence-corrected chi connectivity index (χ4v) is 4.58. The van der Waals surface area contributed by atoms with Crippen LogP contribution >= 0.6 is 11.8 Å². The van der Waals surface area contributed by atoms with E-state index in [4.69, 9.17) is 9.15 Å². The zero-order chi connectivity index (χ0) is 16.4. The molecule has 2 unspecified atom stereocenters. The Morgan fingerprint density at radius 2 is 2.00 bits per heavy atom. The molecule has 0 N–H and O–H groups in total. The molecule has 1 aromatic carbocycles. The third-order valence-electron chi connectivity index (χ3n) is 4.75. The molecule has 3 heterocycles. The van der Waals surface area contributed by atoms with Crippen molar-refractivity contribution in [1.82, 2.24) is 4.90 Å². The van der Waals surface area contributed by atoms with Gasteiger partial charge in [-0.25, -0.2) is 0 Å². The molecule has 5 heteroatoms. The zero-order valence-electron chi connectivity index (χ0n) is 13.5. The highest BCUT2D eigenvalue weighted by Gasteiger charge is 2.31. The van der Waals surface area contributed by atoms with Gasteiger partial charge in [-0.05, 0) is 29.7 Å². The summed E-state index contributed by atoms with van der Waals surface area (Å²) in [6.45, 7) is 2.07. The summed E-state index contributed by atoms with van der Waals surface area (Å²) >= 11 is 1.87. The predicted octanol–water partition coefficient (Wildman–Crippen LogP) is 3.43. The molecular formula is C19H21NO3S. The summed E-state index contributed by atoms with van der Waals surface area (Å²) in [7, 11) is 0. The molecule has 1 amide bonds. The first-order chi connectivity index (χ1) is 11.8. The maximum absolute atomic E-state index is 12.9. The average Bonchev–Trinajstić information content (AvgIpc) is 3.05. The highest BCUT2D eigenvalue weighted by Crippen LogP contribution is 2.35. The molecule has 1 saturated heterocycles. The highest BCUT2D eigenvalue weighted by atomic mass is 32.2. The van der Waals surface area contributed by atoms with Gasteiger partial charge in [0.2, 0.25) is 0 Å². The first kappa shape index (κ1) is 15.8. The lowest BCUT2D eigenvalue weighted by molar-refractivity contribution is -0.145. The number of carbonyl (C=O) groups excluding carboxylic acids is 1. The third kappa shape index (κ3) is 3.23. The lowest BCUT2D eigenvalue weighted by atomic mass is 9.98. The van der Waals surface area contributed by atoms with Crippen LogP contribution in [0.4, 0.5) is 0 Å². The second-order valence-corrected chi connectivity index (χ2v) is 7.57. The van der Waals surface area contributed by atoms with Gasteiger partial charge in [-0.3, -0.25) is 4.79 Å². The molecule has 126 valence electrons. The van der Waals surface area contributed by atoms with Crippen molar-refractivity contribution in [2.24, 2.45) is 0 Å². The zero-order valence-corrected chi connectivity index (χ0v) is 14.3. The van der Waals surface area contributed by atoms with E-state index in [9.17, 15) is 4.79 Å². The van der Waals surface area contributed by atoms with Crippen LogP contribution in [-0.2, 0) is 22.6 Å². The molecular weight excluding hydrogens is 322 g/mol. The molecule has 2 aromatic rings. The first-order valence-electron chi connectivity index (χ1n) is 8.43. The van der Waals surface area contributed by atoms with Crippen LogP contribution in [0.2, 0.25) is 0 Å². The van der Waals surface area contributed by atoms with Crippen molar-refractivity contribution in [3.63, 3.8) is 0 Å². The Morgan fingerprint density at radius 1 is 1.12 bits per heavy atom. The Morgan fingerprint density at radius 3 is 2.83 bits per heavy atom. The van der Waals surface area contributed by atoms with Gasteiger partial charge in [0.05, 0.1) is 18.1 Å². The predicted molar refractivity (Wildman–Crippen MR) is 93.8 cm³/mol. The summed E-state index contributed by atoms with van der Waals surface area (Å²) in [4.78, 5) is 14.8. The maximum atomic E-state index is 12.9. The summed E-state index contributed by atoms with van der Waals surface area (Å²) in [6.07, 6.45) is 2.98. The number of hydrogen-bond donors (Lipinski definition) is 0. The smallest absolute Gasteiger partial charge is 0.252 e. The van der Waals surface area contributed by atoms with E-state index in [-0.39, 0.29) is 12.0 Å².